The third-order valence-electron chi connectivity index (χ3n) is 9.41. The Labute approximate surface area is 236 Å². The zero-order valence-electron chi connectivity index (χ0n) is 23.8. The lowest BCUT2D eigenvalue weighted by atomic mass is 9.62. The minimum absolute atomic E-state index is 0.106. The van der Waals surface area contributed by atoms with E-state index in [4.69, 9.17) is 21.1 Å². The lowest BCUT2D eigenvalue weighted by Gasteiger charge is -2.41. The van der Waals surface area contributed by atoms with Crippen LogP contribution in [-0.4, -0.2) is 70.8 Å². The van der Waals surface area contributed by atoms with Crippen LogP contribution in [0.15, 0.2) is 30.9 Å². The molecule has 39 heavy (non-hydrogen) atoms. The van der Waals surface area contributed by atoms with Crippen molar-refractivity contribution in [3.63, 3.8) is 0 Å². The molecule has 0 radical (unpaired) electrons. The normalized spacial score (nSPS) is 32.6. The molecule has 0 aliphatic carbocycles. The molecule has 8 nitrogen and oxygen atoms in total. The fourth-order valence-electron chi connectivity index (χ4n) is 7.25. The first kappa shape index (κ1) is 29.6. The topological polar surface area (TPSA) is 96.4 Å². The van der Waals surface area contributed by atoms with Gasteiger partial charge in [-0.25, -0.2) is 0 Å². The number of hydrogen-bond donors (Lipinski definition) is 1. The Morgan fingerprint density at radius 1 is 1.38 bits per heavy atom. The smallest absolute Gasteiger partial charge is 0.312 e. The van der Waals surface area contributed by atoms with Crippen LogP contribution >= 0.6 is 11.6 Å². The van der Waals surface area contributed by atoms with Crippen molar-refractivity contribution in [3.8, 4) is 0 Å². The molecule has 0 aromatic heterocycles. The predicted octanol–water partition coefficient (Wildman–Crippen LogP) is 4.15. The summed E-state index contributed by atoms with van der Waals surface area (Å²) in [5, 5.41) is 11.0. The fraction of sp³-hybridized carbons (Fsp3) is 0.633. The molecular weight excluding hydrogens is 520 g/mol. The SMILES string of the molecule is C=CCN(C(=O)C1N([C@@H](CO)[C@@H](C)CC)C(=O)[C@@H]2[C@@H](C(=O)OCC)[C@]3(C)OC12CC3C)c1c(C)cccc1Cl. The number of esters is 1. The number of aryl methyl sites for hydroxylation is 1. The maximum absolute atomic E-state index is 14.8. The molecule has 3 heterocycles. The van der Waals surface area contributed by atoms with Gasteiger partial charge in [0.15, 0.2) is 0 Å². The number of para-hydroxylation sites is 1. The number of fused-ring (bicyclic) bond motifs is 1. The number of ether oxygens (including phenoxy) is 2. The standard InChI is InChI=1S/C30H41ClN2O6/c1-8-14-32(24-18(5)12-11-13-20(24)31)27(36)25-30-15-19(6)29(7,39-30)23(28(37)38-10-3)22(30)26(35)33(25)21(16-34)17(4)9-2/h8,11-13,17,19,21-23,25,34H,1,9-10,14-16H2,2-7H3/t17-,19?,21-,22-,23-,25?,29+,30?/m0/s1. The molecule has 4 rings (SSSR count). The van der Waals surface area contributed by atoms with E-state index < -0.39 is 41.1 Å². The molecule has 3 aliphatic rings. The molecule has 1 spiro atoms. The number of hydrogen-bond acceptors (Lipinski definition) is 6. The molecule has 1 N–H and O–H groups in total. The van der Waals surface area contributed by atoms with Crippen molar-refractivity contribution in [2.75, 3.05) is 24.7 Å². The monoisotopic (exact) mass is 560 g/mol. The maximum atomic E-state index is 14.8. The van der Waals surface area contributed by atoms with Crippen LogP contribution in [0.5, 0.6) is 0 Å². The Morgan fingerprint density at radius 3 is 2.64 bits per heavy atom. The van der Waals surface area contributed by atoms with Gasteiger partial charge in [0.1, 0.15) is 17.6 Å². The molecule has 0 saturated carbocycles. The minimum atomic E-state index is -1.25. The van der Waals surface area contributed by atoms with Gasteiger partial charge < -0.3 is 24.4 Å². The first-order chi connectivity index (χ1) is 18.4. The van der Waals surface area contributed by atoms with Crippen molar-refractivity contribution in [1.82, 2.24) is 4.90 Å². The number of aliphatic hydroxyl groups excluding tert-OH is 1. The van der Waals surface area contributed by atoms with Crippen molar-refractivity contribution in [1.29, 1.82) is 0 Å². The van der Waals surface area contributed by atoms with Gasteiger partial charge in [-0.05, 0) is 50.7 Å². The maximum Gasteiger partial charge on any atom is 0.312 e. The number of nitrogens with zero attached hydrogens (tertiary/aromatic N) is 2. The number of halogens is 1. The number of amides is 2. The highest BCUT2D eigenvalue weighted by atomic mass is 35.5. The van der Waals surface area contributed by atoms with Crippen LogP contribution in [0.1, 0.15) is 53.0 Å². The second kappa shape index (κ2) is 10.9. The molecule has 9 heteroatoms. The minimum Gasteiger partial charge on any atom is -0.466 e. The van der Waals surface area contributed by atoms with Gasteiger partial charge >= 0.3 is 5.97 Å². The van der Waals surface area contributed by atoms with Gasteiger partial charge in [0.25, 0.3) is 5.91 Å². The van der Waals surface area contributed by atoms with Gasteiger partial charge in [-0.3, -0.25) is 14.4 Å². The summed E-state index contributed by atoms with van der Waals surface area (Å²) in [5.74, 6) is -3.19. The number of likely N-dealkylation sites (tertiary alicyclic amines) is 1. The lowest BCUT2D eigenvalue weighted by molar-refractivity contribution is -0.162. The third kappa shape index (κ3) is 4.30. The second-order valence-corrected chi connectivity index (χ2v) is 11.9. The van der Waals surface area contributed by atoms with Gasteiger partial charge in [-0.15, -0.1) is 6.58 Å². The number of benzene rings is 1. The van der Waals surface area contributed by atoms with E-state index in [0.29, 0.717) is 23.6 Å². The van der Waals surface area contributed by atoms with Gasteiger partial charge in [0.05, 0.1) is 41.5 Å². The zero-order chi connectivity index (χ0) is 28.9. The van der Waals surface area contributed by atoms with Crippen LogP contribution in [0.2, 0.25) is 5.02 Å². The number of anilines is 1. The molecule has 1 aromatic carbocycles. The molecule has 8 atom stereocenters. The number of rotatable bonds is 10. The molecule has 3 fully saturated rings. The van der Waals surface area contributed by atoms with E-state index in [-0.39, 0.29) is 43.4 Å². The second-order valence-electron chi connectivity index (χ2n) is 11.5. The van der Waals surface area contributed by atoms with Gasteiger partial charge in [-0.1, -0.05) is 57.0 Å². The van der Waals surface area contributed by atoms with Crippen molar-refractivity contribution in [3.05, 3.63) is 41.4 Å². The van der Waals surface area contributed by atoms with Gasteiger partial charge in [0.2, 0.25) is 5.91 Å². The summed E-state index contributed by atoms with van der Waals surface area (Å²) in [7, 11) is 0. The van der Waals surface area contributed by atoms with Crippen molar-refractivity contribution >= 4 is 35.1 Å². The van der Waals surface area contributed by atoms with E-state index >= 15 is 0 Å². The Kier molecular flexibility index (Phi) is 8.23. The highest BCUT2D eigenvalue weighted by Crippen LogP contribution is 2.66. The van der Waals surface area contributed by atoms with Crippen molar-refractivity contribution in [2.45, 2.75) is 77.7 Å². The quantitative estimate of drug-likeness (QED) is 0.341. The van der Waals surface area contributed by atoms with Crippen LogP contribution in [-0.2, 0) is 23.9 Å². The molecule has 214 valence electrons. The van der Waals surface area contributed by atoms with E-state index in [1.807, 2.05) is 46.8 Å². The number of aliphatic hydroxyl groups is 1. The number of carbonyl (C=O) groups is 3. The highest BCUT2D eigenvalue weighted by molar-refractivity contribution is 6.34. The molecule has 3 saturated heterocycles. The summed E-state index contributed by atoms with van der Waals surface area (Å²) in [6.45, 7) is 15.2. The molecular formula is C30H41ClN2O6. The summed E-state index contributed by atoms with van der Waals surface area (Å²) < 4.78 is 12.2. The zero-order valence-corrected chi connectivity index (χ0v) is 24.5. The average molecular weight is 561 g/mol. The summed E-state index contributed by atoms with van der Waals surface area (Å²) in [6.07, 6.45) is 2.72. The van der Waals surface area contributed by atoms with Crippen molar-refractivity contribution in [2.24, 2.45) is 23.7 Å². The number of carbonyl (C=O) groups excluding carboxylic acids is 3. The Morgan fingerprint density at radius 2 is 2.08 bits per heavy atom. The van der Waals surface area contributed by atoms with Gasteiger partial charge in [-0.2, -0.15) is 0 Å². The summed E-state index contributed by atoms with van der Waals surface area (Å²) in [4.78, 5) is 45.7. The predicted molar refractivity (Wildman–Crippen MR) is 149 cm³/mol. The van der Waals surface area contributed by atoms with E-state index in [0.717, 1.165) is 5.56 Å². The van der Waals surface area contributed by atoms with E-state index in [2.05, 4.69) is 6.58 Å². The van der Waals surface area contributed by atoms with Gasteiger partial charge in [0, 0.05) is 6.54 Å². The Hall–Kier alpha value is -2.42. The van der Waals surface area contributed by atoms with E-state index in [1.165, 1.54) is 4.90 Å². The summed E-state index contributed by atoms with van der Waals surface area (Å²) >= 11 is 6.63. The fourth-order valence-corrected chi connectivity index (χ4v) is 7.57. The Balaban J connectivity index is 1.94. The molecule has 3 aliphatic heterocycles. The lowest BCUT2D eigenvalue weighted by Crippen LogP contribution is -2.60. The molecule has 2 bridgehead atoms. The molecule has 2 amide bonds. The summed E-state index contributed by atoms with van der Waals surface area (Å²) in [6, 6.07) is 3.70. The molecule has 3 unspecified atom stereocenters. The summed E-state index contributed by atoms with van der Waals surface area (Å²) in [5.41, 5.74) is -0.889. The first-order valence-corrected chi connectivity index (χ1v) is 14.3. The molecule has 1 aromatic rings. The third-order valence-corrected chi connectivity index (χ3v) is 9.71. The van der Waals surface area contributed by atoms with Crippen LogP contribution in [0.3, 0.4) is 0 Å². The van der Waals surface area contributed by atoms with E-state index in [9.17, 15) is 19.5 Å². The van der Waals surface area contributed by atoms with Crippen LogP contribution in [0, 0.1) is 30.6 Å². The van der Waals surface area contributed by atoms with Crippen LogP contribution in [0.25, 0.3) is 0 Å². The van der Waals surface area contributed by atoms with Crippen molar-refractivity contribution < 1.29 is 29.0 Å². The Bertz CT molecular complexity index is 1140. The highest BCUT2D eigenvalue weighted by Gasteiger charge is 2.81. The van der Waals surface area contributed by atoms with E-state index in [1.54, 1.807) is 24.0 Å². The first-order valence-electron chi connectivity index (χ1n) is 13.9. The average Bonchev–Trinajstić information content (AvgIpc) is 3.40. The van der Waals surface area contributed by atoms with Crippen LogP contribution in [0.4, 0.5) is 5.69 Å². The van der Waals surface area contributed by atoms with Crippen LogP contribution < -0.4 is 4.90 Å². The largest absolute Gasteiger partial charge is 0.466 e.